The molecule has 0 amide bonds. The number of hydrogen-bond acceptors (Lipinski definition) is 4. The minimum absolute atomic E-state index is 0.182. The lowest BCUT2D eigenvalue weighted by Gasteiger charge is -2.03. The van der Waals surface area contributed by atoms with E-state index in [0.717, 1.165) is 12.8 Å². The van der Waals surface area contributed by atoms with Gasteiger partial charge in [0.15, 0.2) is 0 Å². The second kappa shape index (κ2) is 7.41. The summed E-state index contributed by atoms with van der Waals surface area (Å²) >= 11 is 0. The summed E-state index contributed by atoms with van der Waals surface area (Å²) in [6, 6.07) is 1.66. The number of carbonyl (C=O) groups is 1. The highest BCUT2D eigenvalue weighted by molar-refractivity contribution is 5.66. The summed E-state index contributed by atoms with van der Waals surface area (Å²) in [6.45, 7) is 1.64. The lowest BCUT2D eigenvalue weighted by atomic mass is 10.2. The van der Waals surface area contributed by atoms with Crippen LogP contribution in [0.4, 0.5) is 0 Å². The Bertz CT molecular complexity index is 513. The molecule has 0 spiro atoms. The van der Waals surface area contributed by atoms with Crippen molar-refractivity contribution in [2.75, 3.05) is 7.11 Å². The van der Waals surface area contributed by atoms with Gasteiger partial charge in [-0.15, -0.1) is 0 Å². The van der Waals surface area contributed by atoms with Gasteiger partial charge in [0.05, 0.1) is 12.7 Å². The maximum atomic E-state index is 11.5. The zero-order valence-electron chi connectivity index (χ0n) is 11.1. The van der Waals surface area contributed by atoms with E-state index in [1.807, 2.05) is 6.08 Å². The molecule has 1 heterocycles. The normalized spacial score (nSPS) is 10.8. The maximum Gasteiger partial charge on any atom is 0.342 e. The van der Waals surface area contributed by atoms with E-state index in [1.54, 1.807) is 19.1 Å². The van der Waals surface area contributed by atoms with Gasteiger partial charge in [-0.3, -0.25) is 4.79 Å². The molecule has 104 valence electrons. The highest BCUT2D eigenvalue weighted by atomic mass is 16.5. The zero-order valence-corrected chi connectivity index (χ0v) is 11.1. The van der Waals surface area contributed by atoms with Crippen LogP contribution in [-0.2, 0) is 4.79 Å². The van der Waals surface area contributed by atoms with Gasteiger partial charge in [0.2, 0.25) is 0 Å². The molecule has 1 N–H and O–H groups in total. The summed E-state index contributed by atoms with van der Waals surface area (Å²) in [7, 11) is 1.50. The molecule has 0 bridgehead atoms. The summed E-state index contributed by atoms with van der Waals surface area (Å²) in [6.07, 6.45) is 5.91. The highest BCUT2D eigenvalue weighted by Gasteiger charge is 2.05. The molecule has 1 rings (SSSR count). The van der Waals surface area contributed by atoms with Gasteiger partial charge in [0.1, 0.15) is 11.5 Å². The number of hydrogen-bond donors (Lipinski definition) is 1. The quantitative estimate of drug-likeness (QED) is 0.768. The third kappa shape index (κ3) is 4.99. The van der Waals surface area contributed by atoms with Crippen LogP contribution in [-0.4, -0.2) is 18.2 Å². The van der Waals surface area contributed by atoms with Gasteiger partial charge < -0.3 is 14.3 Å². The van der Waals surface area contributed by atoms with E-state index in [4.69, 9.17) is 14.3 Å². The van der Waals surface area contributed by atoms with Gasteiger partial charge in [-0.2, -0.15) is 0 Å². The Labute approximate surface area is 111 Å². The topological polar surface area (TPSA) is 76.7 Å². The molecule has 0 fully saturated rings. The van der Waals surface area contributed by atoms with Crippen molar-refractivity contribution in [2.24, 2.45) is 0 Å². The Hall–Kier alpha value is -2.04. The Morgan fingerprint density at radius 2 is 2.21 bits per heavy atom. The molecule has 0 saturated carbocycles. The molecule has 0 saturated heterocycles. The van der Waals surface area contributed by atoms with E-state index >= 15 is 0 Å². The molecule has 1 aromatic rings. The molecule has 1 aromatic heterocycles. The Morgan fingerprint density at radius 3 is 2.84 bits per heavy atom. The average Bonchev–Trinajstić information content (AvgIpc) is 2.37. The van der Waals surface area contributed by atoms with Crippen molar-refractivity contribution >= 4 is 12.0 Å². The van der Waals surface area contributed by atoms with E-state index in [-0.39, 0.29) is 6.42 Å². The lowest BCUT2D eigenvalue weighted by molar-refractivity contribution is -0.137. The average molecular weight is 266 g/mol. The number of ether oxygens (including phenoxy) is 1. The van der Waals surface area contributed by atoms with E-state index in [2.05, 4.69) is 0 Å². The molecule has 0 aliphatic rings. The molecule has 0 atom stereocenters. The number of methoxy groups -OCH3 is 1. The molecule has 0 aliphatic carbocycles. The summed E-state index contributed by atoms with van der Waals surface area (Å²) < 4.78 is 10.2. The Kier molecular flexibility index (Phi) is 5.85. The molecule has 5 heteroatoms. The molecular weight excluding hydrogens is 248 g/mol. The smallest absolute Gasteiger partial charge is 0.342 e. The molecule has 0 radical (unpaired) electrons. The first-order valence-electron chi connectivity index (χ1n) is 6.11. The summed E-state index contributed by atoms with van der Waals surface area (Å²) in [5.74, 6) is 0.158. The van der Waals surface area contributed by atoms with Crippen molar-refractivity contribution < 1.29 is 19.1 Å². The van der Waals surface area contributed by atoms with Gasteiger partial charge >= 0.3 is 11.6 Å². The number of unbranched alkanes of at least 4 members (excludes halogenated alkanes) is 2. The van der Waals surface area contributed by atoms with Gasteiger partial charge in [0, 0.05) is 12.5 Å². The van der Waals surface area contributed by atoms with Crippen LogP contribution in [0.5, 0.6) is 5.75 Å². The SMILES string of the molecule is COc1cc(/C=C/CCCCC(=O)O)oc(=O)c1C. The number of aliphatic carboxylic acids is 1. The van der Waals surface area contributed by atoms with Crippen molar-refractivity contribution in [2.45, 2.75) is 32.6 Å². The molecule has 0 aliphatic heterocycles. The third-order valence-corrected chi connectivity index (χ3v) is 2.67. The van der Waals surface area contributed by atoms with Gasteiger partial charge in [-0.05, 0) is 32.3 Å². The number of rotatable bonds is 7. The monoisotopic (exact) mass is 266 g/mol. The van der Waals surface area contributed by atoms with Crippen LogP contribution in [0, 0.1) is 6.92 Å². The van der Waals surface area contributed by atoms with Crippen LogP contribution in [0.2, 0.25) is 0 Å². The summed E-state index contributed by atoms with van der Waals surface area (Å²) in [5.41, 5.74) is 0.0333. The molecule has 5 nitrogen and oxygen atoms in total. The minimum Gasteiger partial charge on any atom is -0.496 e. The van der Waals surface area contributed by atoms with Crippen LogP contribution in [0.1, 0.15) is 37.0 Å². The largest absolute Gasteiger partial charge is 0.496 e. The van der Waals surface area contributed by atoms with E-state index in [9.17, 15) is 9.59 Å². The number of carboxylic acid groups (broad SMARTS) is 1. The highest BCUT2D eigenvalue weighted by Crippen LogP contribution is 2.16. The number of allylic oxidation sites excluding steroid dienone is 1. The van der Waals surface area contributed by atoms with Gasteiger partial charge in [0.25, 0.3) is 0 Å². The zero-order chi connectivity index (χ0) is 14.3. The molecular formula is C14H18O5. The lowest BCUT2D eigenvalue weighted by Crippen LogP contribution is -2.05. The standard InChI is InChI=1S/C14H18O5/c1-10-12(18-2)9-11(19-14(10)17)7-5-3-4-6-8-13(15)16/h5,7,9H,3-4,6,8H2,1-2H3,(H,15,16)/b7-5+. The molecule has 19 heavy (non-hydrogen) atoms. The fraction of sp³-hybridized carbons (Fsp3) is 0.429. The molecule has 0 unspecified atom stereocenters. The van der Waals surface area contributed by atoms with Gasteiger partial charge in [-0.1, -0.05) is 6.08 Å². The van der Waals surface area contributed by atoms with Crippen LogP contribution in [0.15, 0.2) is 21.4 Å². The minimum atomic E-state index is -0.779. The number of carboxylic acids is 1. The van der Waals surface area contributed by atoms with Crippen molar-refractivity contribution in [3.63, 3.8) is 0 Å². The van der Waals surface area contributed by atoms with E-state index in [1.165, 1.54) is 7.11 Å². The van der Waals surface area contributed by atoms with E-state index < -0.39 is 11.6 Å². The summed E-state index contributed by atoms with van der Waals surface area (Å²) in [5, 5.41) is 8.48. The maximum absolute atomic E-state index is 11.5. The summed E-state index contributed by atoms with van der Waals surface area (Å²) in [4.78, 5) is 21.8. The fourth-order valence-electron chi connectivity index (χ4n) is 1.58. The van der Waals surface area contributed by atoms with Crippen molar-refractivity contribution in [3.8, 4) is 5.75 Å². The van der Waals surface area contributed by atoms with Crippen LogP contribution >= 0.6 is 0 Å². The Balaban J connectivity index is 2.55. The Morgan fingerprint density at radius 1 is 1.47 bits per heavy atom. The predicted molar refractivity (Wildman–Crippen MR) is 71.4 cm³/mol. The van der Waals surface area contributed by atoms with Crippen molar-refractivity contribution in [1.82, 2.24) is 0 Å². The van der Waals surface area contributed by atoms with Crippen LogP contribution in [0.25, 0.3) is 6.08 Å². The predicted octanol–water partition coefficient (Wildman–Crippen LogP) is 2.62. The first-order valence-corrected chi connectivity index (χ1v) is 6.11. The van der Waals surface area contributed by atoms with Crippen molar-refractivity contribution in [3.05, 3.63) is 33.9 Å². The van der Waals surface area contributed by atoms with Crippen molar-refractivity contribution in [1.29, 1.82) is 0 Å². The first-order chi connectivity index (χ1) is 9.04. The fourth-order valence-corrected chi connectivity index (χ4v) is 1.58. The second-order valence-electron chi connectivity index (χ2n) is 4.17. The van der Waals surface area contributed by atoms with Gasteiger partial charge in [-0.25, -0.2) is 4.79 Å². The molecule has 0 aromatic carbocycles. The van der Waals surface area contributed by atoms with Crippen LogP contribution in [0.3, 0.4) is 0 Å². The third-order valence-electron chi connectivity index (χ3n) is 2.67. The van der Waals surface area contributed by atoms with E-state index in [0.29, 0.717) is 23.5 Å². The second-order valence-corrected chi connectivity index (χ2v) is 4.17. The van der Waals surface area contributed by atoms with Crippen LogP contribution < -0.4 is 10.4 Å². The first kappa shape index (κ1) is 15.0.